The summed E-state index contributed by atoms with van der Waals surface area (Å²) in [5, 5.41) is 2.70. The zero-order valence-corrected chi connectivity index (χ0v) is 14.3. The van der Waals surface area contributed by atoms with Crippen molar-refractivity contribution in [2.24, 2.45) is 5.73 Å². The minimum Gasteiger partial charge on any atom is -0.480 e. The minimum absolute atomic E-state index is 0.0481. The lowest BCUT2D eigenvalue weighted by atomic mass is 10.1. The molecule has 0 bridgehead atoms. The van der Waals surface area contributed by atoms with Gasteiger partial charge in [0.2, 0.25) is 0 Å². The molecule has 0 spiro atoms. The number of benzene rings is 2. The van der Waals surface area contributed by atoms with Crippen molar-refractivity contribution in [3.63, 3.8) is 0 Å². The van der Waals surface area contributed by atoms with Crippen molar-refractivity contribution < 1.29 is 19.1 Å². The second-order valence-corrected chi connectivity index (χ2v) is 5.75. The first kappa shape index (κ1) is 18.2. The van der Waals surface area contributed by atoms with Crippen molar-refractivity contribution in [1.29, 1.82) is 0 Å². The minimum atomic E-state index is -0.840. The summed E-state index contributed by atoms with van der Waals surface area (Å²) in [6.07, 6.45) is -0.840. The van der Waals surface area contributed by atoms with E-state index in [4.69, 9.17) is 10.5 Å². The van der Waals surface area contributed by atoms with E-state index in [1.54, 1.807) is 49.4 Å². The number of ether oxygens (including phenoxy) is 1. The van der Waals surface area contributed by atoms with Gasteiger partial charge in [-0.15, -0.1) is 0 Å². The summed E-state index contributed by atoms with van der Waals surface area (Å²) >= 11 is 0. The van der Waals surface area contributed by atoms with Crippen LogP contribution in [0.1, 0.15) is 40.1 Å². The highest BCUT2D eigenvalue weighted by Crippen LogP contribution is 2.21. The van der Waals surface area contributed by atoms with E-state index in [1.807, 2.05) is 6.92 Å². The number of amides is 2. The molecule has 3 N–H and O–H groups in total. The Morgan fingerprint density at radius 1 is 1.08 bits per heavy atom. The van der Waals surface area contributed by atoms with Gasteiger partial charge in [-0.2, -0.15) is 0 Å². The fraction of sp³-hybridized carbons (Fsp3) is 0.211. The molecular formula is C19H20N2O4. The number of nitrogens with two attached hydrogens (primary N) is 1. The molecule has 6 nitrogen and oxygen atoms in total. The first-order chi connectivity index (χ1) is 11.8. The summed E-state index contributed by atoms with van der Waals surface area (Å²) in [6.45, 7) is 4.90. The summed E-state index contributed by atoms with van der Waals surface area (Å²) in [7, 11) is 0. The number of hydrogen-bond donors (Lipinski definition) is 2. The summed E-state index contributed by atoms with van der Waals surface area (Å²) in [4.78, 5) is 35.0. The van der Waals surface area contributed by atoms with Crippen molar-refractivity contribution in [3.05, 3.63) is 59.2 Å². The summed E-state index contributed by atoms with van der Waals surface area (Å²) in [5.41, 5.74) is 7.54. The van der Waals surface area contributed by atoms with Gasteiger partial charge in [0, 0.05) is 11.3 Å². The van der Waals surface area contributed by atoms with E-state index in [0.717, 1.165) is 5.56 Å². The quantitative estimate of drug-likeness (QED) is 0.790. The number of Topliss-reactive ketones (excluding diaryl/α,β-unsaturated/α-hetero) is 1. The molecule has 2 aromatic rings. The van der Waals surface area contributed by atoms with Gasteiger partial charge < -0.3 is 15.8 Å². The van der Waals surface area contributed by atoms with Crippen LogP contribution in [0.4, 0.5) is 5.69 Å². The van der Waals surface area contributed by atoms with E-state index in [9.17, 15) is 14.4 Å². The van der Waals surface area contributed by atoms with Gasteiger partial charge in [-0.1, -0.05) is 6.07 Å². The summed E-state index contributed by atoms with van der Waals surface area (Å²) in [5.74, 6) is -0.787. The second kappa shape index (κ2) is 7.61. The molecule has 0 aliphatic heterocycles. The van der Waals surface area contributed by atoms with Gasteiger partial charge in [0.05, 0.1) is 5.56 Å². The van der Waals surface area contributed by atoms with Crippen LogP contribution >= 0.6 is 0 Å². The van der Waals surface area contributed by atoms with Crippen molar-refractivity contribution in [2.45, 2.75) is 26.9 Å². The van der Waals surface area contributed by atoms with Crippen LogP contribution in [0.15, 0.2) is 42.5 Å². The molecule has 0 radical (unpaired) electrons. The van der Waals surface area contributed by atoms with Gasteiger partial charge in [-0.05, 0) is 62.7 Å². The Kier molecular flexibility index (Phi) is 5.54. The van der Waals surface area contributed by atoms with Crippen LogP contribution in [-0.4, -0.2) is 23.7 Å². The van der Waals surface area contributed by atoms with Crippen molar-refractivity contribution in [1.82, 2.24) is 0 Å². The van der Waals surface area contributed by atoms with Crippen LogP contribution in [0.3, 0.4) is 0 Å². The van der Waals surface area contributed by atoms with Gasteiger partial charge in [0.25, 0.3) is 11.8 Å². The van der Waals surface area contributed by atoms with Gasteiger partial charge >= 0.3 is 0 Å². The van der Waals surface area contributed by atoms with Gasteiger partial charge in [0.15, 0.2) is 11.9 Å². The lowest BCUT2D eigenvalue weighted by Crippen LogP contribution is -2.31. The fourth-order valence-corrected chi connectivity index (χ4v) is 2.21. The largest absolute Gasteiger partial charge is 0.480 e. The second-order valence-electron chi connectivity index (χ2n) is 5.75. The third-order valence-electron chi connectivity index (χ3n) is 3.63. The van der Waals surface area contributed by atoms with Crippen LogP contribution in [0.5, 0.6) is 5.75 Å². The number of carbonyl (C=O) groups is 3. The average molecular weight is 340 g/mol. The highest BCUT2D eigenvalue weighted by atomic mass is 16.5. The fourth-order valence-electron chi connectivity index (χ4n) is 2.21. The smallest absolute Gasteiger partial charge is 0.265 e. The third kappa shape index (κ3) is 4.67. The normalized spacial score (nSPS) is 11.5. The molecule has 2 amide bonds. The molecule has 6 heteroatoms. The Morgan fingerprint density at radius 3 is 2.28 bits per heavy atom. The first-order valence-corrected chi connectivity index (χ1v) is 7.77. The molecule has 25 heavy (non-hydrogen) atoms. The number of primary amides is 1. The van der Waals surface area contributed by atoms with Crippen LogP contribution in [0, 0.1) is 6.92 Å². The molecule has 0 aliphatic rings. The zero-order valence-electron chi connectivity index (χ0n) is 14.3. The van der Waals surface area contributed by atoms with Crippen molar-refractivity contribution in [3.8, 4) is 5.75 Å². The average Bonchev–Trinajstić information content (AvgIpc) is 2.55. The molecule has 0 aliphatic carbocycles. The lowest BCUT2D eigenvalue weighted by molar-refractivity contribution is -0.122. The Hall–Kier alpha value is -3.15. The molecular weight excluding hydrogens is 320 g/mol. The third-order valence-corrected chi connectivity index (χ3v) is 3.63. The van der Waals surface area contributed by atoms with Crippen molar-refractivity contribution in [2.75, 3.05) is 5.32 Å². The number of nitrogens with one attached hydrogen (secondary N) is 1. The topological polar surface area (TPSA) is 98.5 Å². The lowest BCUT2D eigenvalue weighted by Gasteiger charge is -2.17. The molecule has 0 fully saturated rings. The van der Waals surface area contributed by atoms with E-state index in [1.165, 1.54) is 6.92 Å². The monoisotopic (exact) mass is 340 g/mol. The maximum atomic E-state index is 12.3. The summed E-state index contributed by atoms with van der Waals surface area (Å²) in [6, 6.07) is 11.5. The van der Waals surface area contributed by atoms with E-state index < -0.39 is 12.0 Å². The van der Waals surface area contributed by atoms with E-state index in [2.05, 4.69) is 5.32 Å². The van der Waals surface area contributed by atoms with Crippen LogP contribution in [0.2, 0.25) is 0 Å². The number of hydrogen-bond acceptors (Lipinski definition) is 4. The van der Waals surface area contributed by atoms with Crippen LogP contribution < -0.4 is 15.8 Å². The molecule has 1 unspecified atom stereocenters. The maximum absolute atomic E-state index is 12.3. The Bertz CT molecular complexity index is 813. The molecule has 1 atom stereocenters. The summed E-state index contributed by atoms with van der Waals surface area (Å²) < 4.78 is 5.62. The highest BCUT2D eigenvalue weighted by molar-refractivity contribution is 5.98. The number of rotatable bonds is 6. The highest BCUT2D eigenvalue weighted by Gasteiger charge is 2.18. The molecule has 0 heterocycles. The van der Waals surface area contributed by atoms with E-state index >= 15 is 0 Å². The Balaban J connectivity index is 2.09. The van der Waals surface area contributed by atoms with Gasteiger partial charge in [0.1, 0.15) is 5.75 Å². The number of anilines is 1. The van der Waals surface area contributed by atoms with Crippen LogP contribution in [0.25, 0.3) is 0 Å². The molecule has 0 saturated heterocycles. The molecule has 2 aromatic carbocycles. The van der Waals surface area contributed by atoms with E-state index in [-0.39, 0.29) is 23.0 Å². The SMILES string of the molecule is CC(=O)c1ccc(NC(=O)C(C)Oc2cc(C)ccc2C(N)=O)cc1. The number of aryl methyl sites for hydroxylation is 1. The number of carbonyl (C=O) groups excluding carboxylic acids is 3. The molecule has 0 saturated carbocycles. The number of ketones is 1. The molecule has 0 aromatic heterocycles. The van der Waals surface area contributed by atoms with Gasteiger partial charge in [-0.3, -0.25) is 14.4 Å². The zero-order chi connectivity index (χ0) is 18.6. The predicted octanol–water partition coefficient (Wildman–Crippen LogP) is 2.70. The maximum Gasteiger partial charge on any atom is 0.265 e. The predicted molar refractivity (Wildman–Crippen MR) is 94.9 cm³/mol. The van der Waals surface area contributed by atoms with Crippen LogP contribution in [-0.2, 0) is 4.79 Å². The van der Waals surface area contributed by atoms with Gasteiger partial charge in [-0.25, -0.2) is 0 Å². The Labute approximate surface area is 146 Å². The van der Waals surface area contributed by atoms with Crippen molar-refractivity contribution >= 4 is 23.3 Å². The molecule has 130 valence electrons. The first-order valence-electron chi connectivity index (χ1n) is 7.77. The Morgan fingerprint density at radius 2 is 1.72 bits per heavy atom. The molecule has 2 rings (SSSR count). The van der Waals surface area contributed by atoms with E-state index in [0.29, 0.717) is 11.3 Å². The standard InChI is InChI=1S/C19H20N2O4/c1-11-4-9-16(18(20)23)17(10-11)25-13(3)19(24)21-15-7-5-14(6-8-15)12(2)22/h4-10,13H,1-3H3,(H2,20,23)(H,21,24).